The molecule has 0 N–H and O–H groups in total. The molecule has 5 nitrogen and oxygen atoms in total. The SMILES string of the molecule is CCC1CCCCN1C(=O)C(C)Sc1nncn1C1CC1. The summed E-state index contributed by atoms with van der Waals surface area (Å²) in [6, 6.07) is 0.985. The second kappa shape index (κ2) is 6.38. The van der Waals surface area contributed by atoms with Gasteiger partial charge in [-0.25, -0.2) is 0 Å². The number of piperidine rings is 1. The van der Waals surface area contributed by atoms with Crippen molar-refractivity contribution in [1.82, 2.24) is 19.7 Å². The second-order valence-electron chi connectivity index (χ2n) is 6.10. The van der Waals surface area contributed by atoms with Crippen LogP contribution in [0.2, 0.25) is 0 Å². The molecule has 1 aromatic rings. The van der Waals surface area contributed by atoms with Gasteiger partial charge in [-0.2, -0.15) is 0 Å². The Kier molecular flexibility index (Phi) is 4.52. The lowest BCUT2D eigenvalue weighted by atomic mass is 10.00. The summed E-state index contributed by atoms with van der Waals surface area (Å²) in [5.74, 6) is 0.261. The average Bonchev–Trinajstić information content (AvgIpc) is 3.26. The van der Waals surface area contributed by atoms with Crippen LogP contribution in [0.4, 0.5) is 0 Å². The molecule has 1 saturated carbocycles. The number of hydrogen-bond donors (Lipinski definition) is 0. The summed E-state index contributed by atoms with van der Waals surface area (Å²) in [6.07, 6.45) is 8.81. The smallest absolute Gasteiger partial charge is 0.236 e. The van der Waals surface area contributed by atoms with E-state index in [9.17, 15) is 4.79 Å². The zero-order valence-electron chi connectivity index (χ0n) is 12.9. The molecule has 0 aromatic carbocycles. The molecule has 1 amide bonds. The van der Waals surface area contributed by atoms with Crippen LogP contribution in [0.1, 0.15) is 58.4 Å². The van der Waals surface area contributed by atoms with Gasteiger partial charge in [0.2, 0.25) is 5.91 Å². The van der Waals surface area contributed by atoms with Crippen LogP contribution in [0.25, 0.3) is 0 Å². The molecule has 2 aliphatic rings. The quantitative estimate of drug-likeness (QED) is 0.785. The minimum Gasteiger partial charge on any atom is -0.339 e. The van der Waals surface area contributed by atoms with Crippen molar-refractivity contribution >= 4 is 17.7 Å². The maximum Gasteiger partial charge on any atom is 0.236 e. The highest BCUT2D eigenvalue weighted by Gasteiger charge is 2.31. The molecule has 0 spiro atoms. The van der Waals surface area contributed by atoms with Gasteiger partial charge in [0.1, 0.15) is 6.33 Å². The molecule has 2 atom stereocenters. The van der Waals surface area contributed by atoms with Crippen LogP contribution in [0.15, 0.2) is 11.5 Å². The molecule has 1 saturated heterocycles. The van der Waals surface area contributed by atoms with Crippen molar-refractivity contribution in [2.45, 2.75) is 74.9 Å². The van der Waals surface area contributed by atoms with E-state index in [4.69, 9.17) is 0 Å². The lowest BCUT2D eigenvalue weighted by Gasteiger charge is -2.36. The molecule has 2 heterocycles. The van der Waals surface area contributed by atoms with Gasteiger partial charge in [0.05, 0.1) is 5.25 Å². The minimum atomic E-state index is -0.0844. The fourth-order valence-electron chi connectivity index (χ4n) is 3.08. The highest BCUT2D eigenvalue weighted by molar-refractivity contribution is 8.00. The standard InChI is InChI=1S/C15H24N4OS/c1-3-12-6-4-5-9-18(12)14(20)11(2)21-15-17-16-10-19(15)13-7-8-13/h10-13H,3-9H2,1-2H3. The molecule has 2 fully saturated rings. The van der Waals surface area contributed by atoms with Crippen LogP contribution in [-0.2, 0) is 4.79 Å². The van der Waals surface area contributed by atoms with E-state index in [2.05, 4.69) is 26.6 Å². The topological polar surface area (TPSA) is 51.0 Å². The summed E-state index contributed by atoms with van der Waals surface area (Å²) in [5, 5.41) is 9.00. The van der Waals surface area contributed by atoms with Crippen molar-refractivity contribution in [1.29, 1.82) is 0 Å². The number of carbonyl (C=O) groups excluding carboxylic acids is 1. The van der Waals surface area contributed by atoms with Gasteiger partial charge in [-0.05, 0) is 45.4 Å². The fraction of sp³-hybridized carbons (Fsp3) is 0.800. The first-order chi connectivity index (χ1) is 10.2. The Labute approximate surface area is 130 Å². The monoisotopic (exact) mass is 308 g/mol. The zero-order valence-corrected chi connectivity index (χ0v) is 13.7. The first kappa shape index (κ1) is 14.9. The van der Waals surface area contributed by atoms with E-state index in [1.54, 1.807) is 18.1 Å². The first-order valence-electron chi connectivity index (χ1n) is 8.07. The Hall–Kier alpha value is -1.04. The summed E-state index contributed by atoms with van der Waals surface area (Å²) < 4.78 is 2.13. The first-order valence-corrected chi connectivity index (χ1v) is 8.95. The lowest BCUT2D eigenvalue weighted by Crippen LogP contribution is -2.46. The Morgan fingerprint density at radius 2 is 2.24 bits per heavy atom. The van der Waals surface area contributed by atoms with Crippen molar-refractivity contribution < 1.29 is 4.79 Å². The Balaban J connectivity index is 1.64. The maximum absolute atomic E-state index is 12.7. The average molecular weight is 308 g/mol. The van der Waals surface area contributed by atoms with E-state index < -0.39 is 0 Å². The summed E-state index contributed by atoms with van der Waals surface area (Å²) in [6.45, 7) is 5.09. The van der Waals surface area contributed by atoms with Gasteiger partial charge < -0.3 is 9.47 Å². The third-order valence-electron chi connectivity index (χ3n) is 4.49. The lowest BCUT2D eigenvalue weighted by molar-refractivity contribution is -0.134. The number of nitrogens with zero attached hydrogens (tertiary/aromatic N) is 4. The number of rotatable bonds is 5. The number of carbonyl (C=O) groups is 1. The Bertz CT molecular complexity index is 500. The summed E-state index contributed by atoms with van der Waals surface area (Å²) in [7, 11) is 0. The third-order valence-corrected chi connectivity index (χ3v) is 5.55. The number of hydrogen-bond acceptors (Lipinski definition) is 4. The van der Waals surface area contributed by atoms with E-state index in [0.717, 1.165) is 31.0 Å². The Morgan fingerprint density at radius 1 is 1.43 bits per heavy atom. The van der Waals surface area contributed by atoms with Crippen molar-refractivity contribution in [3.05, 3.63) is 6.33 Å². The van der Waals surface area contributed by atoms with Gasteiger partial charge in [0.15, 0.2) is 5.16 Å². The van der Waals surface area contributed by atoms with Gasteiger partial charge in [-0.1, -0.05) is 18.7 Å². The van der Waals surface area contributed by atoms with Gasteiger partial charge in [0, 0.05) is 18.6 Å². The summed E-state index contributed by atoms with van der Waals surface area (Å²) in [4.78, 5) is 14.8. The normalized spacial score (nSPS) is 24.1. The Morgan fingerprint density at radius 3 is 2.95 bits per heavy atom. The summed E-state index contributed by atoms with van der Waals surface area (Å²) in [5.41, 5.74) is 0. The van der Waals surface area contributed by atoms with Crippen LogP contribution in [0.3, 0.4) is 0 Å². The number of aromatic nitrogens is 3. The van der Waals surface area contributed by atoms with Gasteiger partial charge in [0.25, 0.3) is 0 Å². The minimum absolute atomic E-state index is 0.0844. The summed E-state index contributed by atoms with van der Waals surface area (Å²) >= 11 is 1.56. The van der Waals surface area contributed by atoms with E-state index in [1.165, 1.54) is 19.3 Å². The molecule has 21 heavy (non-hydrogen) atoms. The molecule has 1 aromatic heterocycles. The molecule has 1 aliphatic heterocycles. The zero-order chi connectivity index (χ0) is 14.8. The van der Waals surface area contributed by atoms with Crippen molar-refractivity contribution in [2.75, 3.05) is 6.54 Å². The van der Waals surface area contributed by atoms with Gasteiger partial charge >= 0.3 is 0 Å². The van der Waals surface area contributed by atoms with Crippen LogP contribution >= 0.6 is 11.8 Å². The highest BCUT2D eigenvalue weighted by Crippen LogP contribution is 2.38. The molecule has 2 unspecified atom stereocenters. The van der Waals surface area contributed by atoms with E-state index in [0.29, 0.717) is 12.1 Å². The van der Waals surface area contributed by atoms with Crippen LogP contribution in [0.5, 0.6) is 0 Å². The van der Waals surface area contributed by atoms with Crippen LogP contribution < -0.4 is 0 Å². The molecule has 0 radical (unpaired) electrons. The molecular weight excluding hydrogens is 284 g/mol. The van der Waals surface area contributed by atoms with Gasteiger partial charge in [-0.3, -0.25) is 4.79 Å². The molecule has 116 valence electrons. The molecule has 6 heteroatoms. The maximum atomic E-state index is 12.7. The largest absolute Gasteiger partial charge is 0.339 e. The molecule has 1 aliphatic carbocycles. The predicted molar refractivity (Wildman–Crippen MR) is 83.3 cm³/mol. The molecule has 3 rings (SSSR count). The number of amides is 1. The van der Waals surface area contributed by atoms with Gasteiger partial charge in [-0.15, -0.1) is 10.2 Å². The van der Waals surface area contributed by atoms with Crippen molar-refractivity contribution in [2.24, 2.45) is 0 Å². The number of thioether (sulfide) groups is 1. The van der Waals surface area contributed by atoms with E-state index >= 15 is 0 Å². The van der Waals surface area contributed by atoms with Crippen LogP contribution in [0, 0.1) is 0 Å². The van der Waals surface area contributed by atoms with Crippen molar-refractivity contribution in [3.63, 3.8) is 0 Å². The number of likely N-dealkylation sites (tertiary alicyclic amines) is 1. The van der Waals surface area contributed by atoms with Crippen LogP contribution in [-0.4, -0.2) is 43.4 Å². The van der Waals surface area contributed by atoms with E-state index in [1.807, 2.05) is 6.92 Å². The van der Waals surface area contributed by atoms with Crippen molar-refractivity contribution in [3.8, 4) is 0 Å². The molecule has 0 bridgehead atoms. The fourth-order valence-corrected chi connectivity index (χ4v) is 4.04. The van der Waals surface area contributed by atoms with E-state index in [-0.39, 0.29) is 11.2 Å². The molecular formula is C15H24N4OS. The highest BCUT2D eigenvalue weighted by atomic mass is 32.2. The second-order valence-corrected chi connectivity index (χ2v) is 7.41. The third kappa shape index (κ3) is 3.25. The predicted octanol–water partition coefficient (Wildman–Crippen LogP) is 2.88.